The van der Waals surface area contributed by atoms with E-state index >= 15 is 0 Å². The summed E-state index contributed by atoms with van der Waals surface area (Å²) in [6, 6.07) is 6.23. The standard InChI is InChI=1S/C17H19N3O3S/c1-11(12-2-5-14-15(8-12)23-10-22-14)19-16(21)9-24-17-18-6-7-20(17)13-3-4-13/h2,5-8,11,13H,3-4,9-10H2,1H3,(H,19,21)/t11-/m0/s1. The molecule has 1 atom stereocenters. The largest absolute Gasteiger partial charge is 0.454 e. The van der Waals surface area contributed by atoms with E-state index in [1.165, 1.54) is 24.6 Å². The molecule has 4 rings (SSSR count). The van der Waals surface area contributed by atoms with Gasteiger partial charge in [-0.2, -0.15) is 0 Å². The molecule has 1 aliphatic carbocycles. The van der Waals surface area contributed by atoms with E-state index in [4.69, 9.17) is 9.47 Å². The number of ether oxygens (including phenoxy) is 2. The summed E-state index contributed by atoms with van der Waals surface area (Å²) in [4.78, 5) is 16.6. The van der Waals surface area contributed by atoms with Crippen molar-refractivity contribution in [3.05, 3.63) is 36.2 Å². The first-order valence-electron chi connectivity index (χ1n) is 8.05. The molecule has 1 aliphatic heterocycles. The summed E-state index contributed by atoms with van der Waals surface area (Å²) >= 11 is 1.48. The predicted octanol–water partition coefficient (Wildman–Crippen LogP) is 2.92. The van der Waals surface area contributed by atoms with E-state index in [0.717, 1.165) is 22.2 Å². The van der Waals surface area contributed by atoms with Crippen molar-refractivity contribution < 1.29 is 14.3 Å². The van der Waals surface area contributed by atoms with E-state index in [2.05, 4.69) is 14.9 Å². The molecule has 0 saturated heterocycles. The van der Waals surface area contributed by atoms with Crippen LogP contribution in [0.2, 0.25) is 0 Å². The van der Waals surface area contributed by atoms with Gasteiger partial charge in [-0.05, 0) is 37.5 Å². The molecule has 2 aromatic rings. The SMILES string of the molecule is C[C@H](NC(=O)CSc1nccn1C1CC1)c1ccc2c(c1)OCO2. The molecule has 7 heteroatoms. The fraction of sp³-hybridized carbons (Fsp3) is 0.412. The monoisotopic (exact) mass is 345 g/mol. The van der Waals surface area contributed by atoms with E-state index in [-0.39, 0.29) is 18.7 Å². The van der Waals surface area contributed by atoms with Crippen LogP contribution in [0.25, 0.3) is 0 Å². The maximum absolute atomic E-state index is 12.2. The van der Waals surface area contributed by atoms with E-state index in [1.807, 2.05) is 31.3 Å². The summed E-state index contributed by atoms with van der Waals surface area (Å²) < 4.78 is 12.9. The van der Waals surface area contributed by atoms with Gasteiger partial charge in [0.05, 0.1) is 11.8 Å². The first kappa shape index (κ1) is 15.4. The minimum Gasteiger partial charge on any atom is -0.454 e. The van der Waals surface area contributed by atoms with Crippen molar-refractivity contribution in [3.63, 3.8) is 0 Å². The fourth-order valence-electron chi connectivity index (χ4n) is 2.72. The van der Waals surface area contributed by atoms with Gasteiger partial charge in [0, 0.05) is 18.4 Å². The molecule has 2 aliphatic rings. The third-order valence-electron chi connectivity index (χ3n) is 4.18. The highest BCUT2D eigenvalue weighted by Gasteiger charge is 2.25. The Bertz CT molecular complexity index is 757. The van der Waals surface area contributed by atoms with Crippen LogP contribution in [-0.4, -0.2) is 28.0 Å². The lowest BCUT2D eigenvalue weighted by Gasteiger charge is -2.15. The minimum absolute atomic E-state index is 0.00415. The quantitative estimate of drug-likeness (QED) is 0.816. The molecule has 1 aromatic carbocycles. The maximum atomic E-state index is 12.2. The molecule has 1 amide bonds. The predicted molar refractivity (Wildman–Crippen MR) is 90.3 cm³/mol. The minimum atomic E-state index is -0.0872. The highest BCUT2D eigenvalue weighted by atomic mass is 32.2. The summed E-state index contributed by atoms with van der Waals surface area (Å²) in [7, 11) is 0. The van der Waals surface area contributed by atoms with Crippen LogP contribution in [0.1, 0.15) is 37.4 Å². The Morgan fingerprint density at radius 3 is 3.08 bits per heavy atom. The molecule has 1 aromatic heterocycles. The molecule has 2 heterocycles. The number of hydrogen-bond donors (Lipinski definition) is 1. The Balaban J connectivity index is 1.33. The highest BCUT2D eigenvalue weighted by molar-refractivity contribution is 7.99. The maximum Gasteiger partial charge on any atom is 0.231 e. The van der Waals surface area contributed by atoms with E-state index < -0.39 is 0 Å². The number of thioether (sulfide) groups is 1. The number of benzene rings is 1. The van der Waals surface area contributed by atoms with Gasteiger partial charge in [-0.15, -0.1) is 0 Å². The van der Waals surface area contributed by atoms with Gasteiger partial charge in [0.2, 0.25) is 12.7 Å². The van der Waals surface area contributed by atoms with Crippen molar-refractivity contribution >= 4 is 17.7 Å². The molecule has 1 saturated carbocycles. The topological polar surface area (TPSA) is 65.4 Å². The van der Waals surface area contributed by atoms with Crippen LogP contribution in [0, 0.1) is 0 Å². The van der Waals surface area contributed by atoms with Gasteiger partial charge < -0.3 is 19.4 Å². The molecule has 0 unspecified atom stereocenters. The molecular formula is C17H19N3O3S. The van der Waals surface area contributed by atoms with Crippen LogP contribution in [0.5, 0.6) is 11.5 Å². The van der Waals surface area contributed by atoms with E-state index in [9.17, 15) is 4.79 Å². The number of carbonyl (C=O) groups excluding carboxylic acids is 1. The normalized spacial score (nSPS) is 16.9. The van der Waals surface area contributed by atoms with E-state index in [0.29, 0.717) is 11.8 Å². The third-order valence-corrected chi connectivity index (χ3v) is 5.16. The third kappa shape index (κ3) is 3.21. The number of carbonyl (C=O) groups is 1. The number of amides is 1. The van der Waals surface area contributed by atoms with Crippen molar-refractivity contribution in [2.45, 2.75) is 37.0 Å². The summed E-state index contributed by atoms with van der Waals surface area (Å²) in [5.74, 6) is 1.84. The van der Waals surface area contributed by atoms with Crippen molar-refractivity contribution in [1.82, 2.24) is 14.9 Å². The van der Waals surface area contributed by atoms with Crippen molar-refractivity contribution in [2.75, 3.05) is 12.5 Å². The van der Waals surface area contributed by atoms with Crippen LogP contribution in [0.15, 0.2) is 35.7 Å². The smallest absolute Gasteiger partial charge is 0.231 e. The first-order chi connectivity index (χ1) is 11.7. The van der Waals surface area contributed by atoms with Gasteiger partial charge in [0.1, 0.15) is 0 Å². The lowest BCUT2D eigenvalue weighted by atomic mass is 10.1. The second kappa shape index (κ2) is 6.39. The number of fused-ring (bicyclic) bond motifs is 1. The van der Waals surface area contributed by atoms with Crippen molar-refractivity contribution in [2.24, 2.45) is 0 Å². The second-order valence-corrected chi connectivity index (χ2v) is 6.98. The Kier molecular flexibility index (Phi) is 4.10. The Labute approximate surface area is 144 Å². The number of aromatic nitrogens is 2. The molecule has 0 bridgehead atoms. The molecule has 1 N–H and O–H groups in total. The van der Waals surface area contributed by atoms with Gasteiger partial charge in [0.25, 0.3) is 0 Å². The molecule has 0 radical (unpaired) electrons. The van der Waals surface area contributed by atoms with Gasteiger partial charge in [-0.1, -0.05) is 17.8 Å². The lowest BCUT2D eigenvalue weighted by molar-refractivity contribution is -0.119. The summed E-state index contributed by atoms with van der Waals surface area (Å²) in [5.41, 5.74) is 0.997. The van der Waals surface area contributed by atoms with Gasteiger partial charge in [-0.3, -0.25) is 4.79 Å². The zero-order valence-electron chi connectivity index (χ0n) is 13.4. The zero-order chi connectivity index (χ0) is 16.5. The molecule has 126 valence electrons. The van der Waals surface area contributed by atoms with Crippen LogP contribution in [-0.2, 0) is 4.79 Å². The first-order valence-corrected chi connectivity index (χ1v) is 9.04. The van der Waals surface area contributed by atoms with Crippen LogP contribution in [0.3, 0.4) is 0 Å². The summed E-state index contributed by atoms with van der Waals surface area (Å²) in [6.07, 6.45) is 6.20. The number of hydrogen-bond acceptors (Lipinski definition) is 5. The molecule has 6 nitrogen and oxygen atoms in total. The number of imidazole rings is 1. The fourth-order valence-corrected chi connectivity index (χ4v) is 3.56. The van der Waals surface area contributed by atoms with Gasteiger partial charge in [0.15, 0.2) is 16.7 Å². The average molecular weight is 345 g/mol. The number of nitrogens with zero attached hydrogens (tertiary/aromatic N) is 2. The Morgan fingerprint density at radius 2 is 2.25 bits per heavy atom. The zero-order valence-corrected chi connectivity index (χ0v) is 14.2. The Hall–Kier alpha value is -2.15. The average Bonchev–Trinajstić information content (AvgIpc) is 3.13. The van der Waals surface area contributed by atoms with Crippen molar-refractivity contribution in [3.8, 4) is 11.5 Å². The van der Waals surface area contributed by atoms with Gasteiger partial charge >= 0.3 is 0 Å². The van der Waals surface area contributed by atoms with Crippen LogP contribution < -0.4 is 14.8 Å². The Morgan fingerprint density at radius 1 is 1.42 bits per heavy atom. The highest BCUT2D eigenvalue weighted by Crippen LogP contribution is 2.37. The summed E-state index contributed by atoms with van der Waals surface area (Å²) in [6.45, 7) is 2.22. The van der Waals surface area contributed by atoms with Gasteiger partial charge in [-0.25, -0.2) is 4.98 Å². The second-order valence-electron chi connectivity index (χ2n) is 6.04. The lowest BCUT2D eigenvalue weighted by Crippen LogP contribution is -2.28. The molecule has 1 fully saturated rings. The van der Waals surface area contributed by atoms with Crippen molar-refractivity contribution in [1.29, 1.82) is 0 Å². The van der Waals surface area contributed by atoms with Crippen LogP contribution >= 0.6 is 11.8 Å². The van der Waals surface area contributed by atoms with E-state index in [1.54, 1.807) is 6.20 Å². The molecular weight excluding hydrogens is 326 g/mol. The molecule has 24 heavy (non-hydrogen) atoms. The number of rotatable bonds is 6. The van der Waals surface area contributed by atoms with Crippen LogP contribution in [0.4, 0.5) is 0 Å². The molecule has 0 spiro atoms. The summed E-state index contributed by atoms with van der Waals surface area (Å²) in [5, 5.41) is 3.94. The number of nitrogens with one attached hydrogen (secondary N) is 1.